The SMILES string of the molecule is CCN(CC)CCCC(C)NC(=NC)NCc1nncn1CC.I. The van der Waals surface area contributed by atoms with Crippen molar-refractivity contribution >= 4 is 29.9 Å². The molecule has 0 radical (unpaired) electrons. The Bertz CT molecular complexity index is 457. The highest BCUT2D eigenvalue weighted by atomic mass is 127. The van der Waals surface area contributed by atoms with Crippen molar-refractivity contribution < 1.29 is 0 Å². The molecule has 24 heavy (non-hydrogen) atoms. The lowest BCUT2D eigenvalue weighted by atomic mass is 10.2. The first-order valence-electron chi connectivity index (χ1n) is 8.70. The van der Waals surface area contributed by atoms with E-state index >= 15 is 0 Å². The maximum atomic E-state index is 4.29. The summed E-state index contributed by atoms with van der Waals surface area (Å²) < 4.78 is 2.02. The van der Waals surface area contributed by atoms with Gasteiger partial charge in [-0.05, 0) is 46.3 Å². The van der Waals surface area contributed by atoms with Gasteiger partial charge in [-0.3, -0.25) is 4.99 Å². The van der Waals surface area contributed by atoms with Crippen LogP contribution in [0.1, 0.15) is 46.4 Å². The first-order valence-corrected chi connectivity index (χ1v) is 8.70. The predicted molar refractivity (Wildman–Crippen MR) is 111 cm³/mol. The van der Waals surface area contributed by atoms with Crippen LogP contribution in [0.25, 0.3) is 0 Å². The lowest BCUT2D eigenvalue weighted by molar-refractivity contribution is 0.292. The van der Waals surface area contributed by atoms with E-state index < -0.39 is 0 Å². The Labute approximate surface area is 163 Å². The van der Waals surface area contributed by atoms with Crippen LogP contribution in [0, 0.1) is 0 Å². The average molecular weight is 451 g/mol. The quantitative estimate of drug-likeness (QED) is 0.324. The van der Waals surface area contributed by atoms with Crippen molar-refractivity contribution in [2.24, 2.45) is 4.99 Å². The molecule has 8 heteroatoms. The number of guanidine groups is 1. The molecule has 0 amide bonds. The van der Waals surface area contributed by atoms with Gasteiger partial charge in [-0.25, -0.2) is 0 Å². The van der Waals surface area contributed by atoms with Gasteiger partial charge in [0.25, 0.3) is 0 Å². The third kappa shape index (κ3) is 8.27. The van der Waals surface area contributed by atoms with Crippen molar-refractivity contribution in [2.45, 2.75) is 59.7 Å². The number of aromatic nitrogens is 3. The smallest absolute Gasteiger partial charge is 0.191 e. The number of nitrogens with zero attached hydrogens (tertiary/aromatic N) is 5. The van der Waals surface area contributed by atoms with E-state index in [-0.39, 0.29) is 24.0 Å². The summed E-state index contributed by atoms with van der Waals surface area (Å²) in [6.45, 7) is 13.6. The van der Waals surface area contributed by atoms with Crippen LogP contribution in [0.2, 0.25) is 0 Å². The van der Waals surface area contributed by atoms with Crippen molar-refractivity contribution in [1.82, 2.24) is 30.3 Å². The molecule has 1 heterocycles. The van der Waals surface area contributed by atoms with Gasteiger partial charge < -0.3 is 20.1 Å². The number of hydrogen-bond acceptors (Lipinski definition) is 4. The van der Waals surface area contributed by atoms with Gasteiger partial charge in [0, 0.05) is 19.6 Å². The molecule has 0 bridgehead atoms. The highest BCUT2D eigenvalue weighted by Crippen LogP contribution is 2.00. The molecule has 0 fully saturated rings. The molecular weight excluding hydrogens is 417 g/mol. The number of aliphatic imine (C=N–C) groups is 1. The summed E-state index contributed by atoms with van der Waals surface area (Å²) >= 11 is 0. The van der Waals surface area contributed by atoms with Gasteiger partial charge in [0.2, 0.25) is 0 Å². The summed E-state index contributed by atoms with van der Waals surface area (Å²) in [5.41, 5.74) is 0. The Balaban J connectivity index is 0.00000529. The lowest BCUT2D eigenvalue weighted by Gasteiger charge is -2.21. The molecule has 1 unspecified atom stereocenters. The fourth-order valence-corrected chi connectivity index (χ4v) is 2.50. The highest BCUT2D eigenvalue weighted by Gasteiger charge is 2.08. The number of hydrogen-bond donors (Lipinski definition) is 2. The van der Waals surface area contributed by atoms with Crippen LogP contribution in [0.4, 0.5) is 0 Å². The predicted octanol–water partition coefficient (Wildman–Crippen LogP) is 2.09. The molecule has 0 saturated heterocycles. The van der Waals surface area contributed by atoms with Crippen molar-refractivity contribution in [2.75, 3.05) is 26.7 Å². The van der Waals surface area contributed by atoms with Crippen LogP contribution < -0.4 is 10.6 Å². The van der Waals surface area contributed by atoms with E-state index in [2.05, 4.69) is 58.4 Å². The van der Waals surface area contributed by atoms with Gasteiger partial charge in [-0.2, -0.15) is 0 Å². The summed E-state index contributed by atoms with van der Waals surface area (Å²) in [7, 11) is 1.79. The molecule has 0 aromatic carbocycles. The van der Waals surface area contributed by atoms with Crippen LogP contribution in [0.15, 0.2) is 11.3 Å². The van der Waals surface area contributed by atoms with E-state index in [1.54, 1.807) is 13.4 Å². The molecule has 1 aromatic heterocycles. The fraction of sp³-hybridized carbons (Fsp3) is 0.812. The van der Waals surface area contributed by atoms with Crippen LogP contribution in [0.5, 0.6) is 0 Å². The summed E-state index contributed by atoms with van der Waals surface area (Å²) in [5.74, 6) is 1.73. The number of aryl methyl sites for hydroxylation is 1. The standard InChI is InChI=1S/C16H33N7.HI/c1-6-22(7-2)11-9-10-14(4)20-16(17-5)18-12-15-21-19-13-23(15)8-3;/h13-14H,6-12H2,1-5H3,(H2,17,18,20);1H. The number of nitrogens with one attached hydrogen (secondary N) is 2. The van der Waals surface area contributed by atoms with Crippen LogP contribution >= 0.6 is 24.0 Å². The monoisotopic (exact) mass is 451 g/mol. The van der Waals surface area contributed by atoms with E-state index in [1.807, 2.05) is 4.57 Å². The second kappa shape index (κ2) is 13.4. The molecule has 7 nitrogen and oxygen atoms in total. The summed E-state index contributed by atoms with van der Waals surface area (Å²) in [6.07, 6.45) is 4.07. The molecule has 2 N–H and O–H groups in total. The number of rotatable bonds is 10. The Morgan fingerprint density at radius 1 is 1.33 bits per heavy atom. The van der Waals surface area contributed by atoms with E-state index in [0.29, 0.717) is 12.6 Å². The van der Waals surface area contributed by atoms with Gasteiger partial charge in [-0.15, -0.1) is 34.2 Å². The second-order valence-electron chi connectivity index (χ2n) is 5.67. The first-order chi connectivity index (χ1) is 11.1. The van der Waals surface area contributed by atoms with Crippen LogP contribution in [-0.2, 0) is 13.1 Å². The molecular formula is C16H34IN7. The first kappa shape index (κ1) is 23.1. The van der Waals surface area contributed by atoms with Gasteiger partial charge in [0.1, 0.15) is 6.33 Å². The molecule has 0 aliphatic heterocycles. The van der Waals surface area contributed by atoms with Crippen molar-refractivity contribution in [3.8, 4) is 0 Å². The molecule has 0 aliphatic carbocycles. The zero-order valence-corrected chi connectivity index (χ0v) is 18.1. The third-order valence-corrected chi connectivity index (χ3v) is 4.06. The Morgan fingerprint density at radius 3 is 2.62 bits per heavy atom. The third-order valence-electron chi connectivity index (χ3n) is 4.06. The molecule has 1 atom stereocenters. The largest absolute Gasteiger partial charge is 0.354 e. The minimum Gasteiger partial charge on any atom is -0.354 e. The van der Waals surface area contributed by atoms with E-state index in [1.165, 1.54) is 6.42 Å². The molecule has 0 saturated carbocycles. The van der Waals surface area contributed by atoms with Gasteiger partial charge in [0.15, 0.2) is 11.8 Å². The zero-order valence-electron chi connectivity index (χ0n) is 15.7. The summed E-state index contributed by atoms with van der Waals surface area (Å²) in [5, 5.41) is 14.8. The van der Waals surface area contributed by atoms with Gasteiger partial charge >= 0.3 is 0 Å². The molecule has 140 valence electrons. The maximum Gasteiger partial charge on any atom is 0.191 e. The topological polar surface area (TPSA) is 70.4 Å². The maximum absolute atomic E-state index is 4.29. The Morgan fingerprint density at radius 2 is 2.04 bits per heavy atom. The summed E-state index contributed by atoms with van der Waals surface area (Å²) in [6, 6.07) is 0.390. The highest BCUT2D eigenvalue weighted by molar-refractivity contribution is 14.0. The van der Waals surface area contributed by atoms with Crippen molar-refractivity contribution in [3.05, 3.63) is 12.2 Å². The average Bonchev–Trinajstić information content (AvgIpc) is 3.03. The van der Waals surface area contributed by atoms with Crippen LogP contribution in [-0.4, -0.2) is 58.3 Å². The van der Waals surface area contributed by atoms with Gasteiger partial charge in [0.05, 0.1) is 6.54 Å². The normalized spacial score (nSPS) is 12.8. The second-order valence-corrected chi connectivity index (χ2v) is 5.67. The van der Waals surface area contributed by atoms with Crippen molar-refractivity contribution in [1.29, 1.82) is 0 Å². The molecule has 0 aliphatic rings. The Kier molecular flexibility index (Phi) is 12.9. The van der Waals surface area contributed by atoms with Crippen molar-refractivity contribution in [3.63, 3.8) is 0 Å². The molecule has 1 aromatic rings. The minimum absolute atomic E-state index is 0. The summed E-state index contributed by atoms with van der Waals surface area (Å²) in [4.78, 5) is 6.74. The lowest BCUT2D eigenvalue weighted by Crippen LogP contribution is -2.42. The van der Waals surface area contributed by atoms with E-state index in [0.717, 1.165) is 44.4 Å². The molecule has 0 spiro atoms. The van der Waals surface area contributed by atoms with Crippen LogP contribution in [0.3, 0.4) is 0 Å². The zero-order chi connectivity index (χ0) is 17.1. The molecule has 1 rings (SSSR count). The Hall–Kier alpha value is -0.900. The number of halogens is 1. The van der Waals surface area contributed by atoms with E-state index in [9.17, 15) is 0 Å². The minimum atomic E-state index is 0. The van der Waals surface area contributed by atoms with Gasteiger partial charge in [-0.1, -0.05) is 13.8 Å². The fourth-order valence-electron chi connectivity index (χ4n) is 2.50. The van der Waals surface area contributed by atoms with E-state index in [4.69, 9.17) is 0 Å².